The standard InChI is InChI=1S/C19H13N3O5S2/c1-27-17(23)10-21-13-4-2-3-5-15(13)29-19(21)20-18(24)16-9-11-8-12(22(25)26)6-7-14(11)28-16/h2-9H,10H2,1H3. The molecule has 29 heavy (non-hydrogen) atoms. The number of amides is 1. The summed E-state index contributed by atoms with van der Waals surface area (Å²) in [5.74, 6) is -0.921. The van der Waals surface area contributed by atoms with Crippen LogP contribution in [0.15, 0.2) is 53.5 Å². The summed E-state index contributed by atoms with van der Waals surface area (Å²) in [4.78, 5) is 40.0. The Labute approximate surface area is 171 Å². The molecular formula is C19H13N3O5S2. The van der Waals surface area contributed by atoms with E-state index < -0.39 is 16.8 Å². The van der Waals surface area contributed by atoms with Crippen LogP contribution in [0.4, 0.5) is 5.69 Å². The summed E-state index contributed by atoms with van der Waals surface area (Å²) >= 11 is 2.51. The van der Waals surface area contributed by atoms with Crippen LogP contribution in [0, 0.1) is 10.1 Å². The number of rotatable bonds is 4. The number of thiazole rings is 1. The number of esters is 1. The second-order valence-electron chi connectivity index (χ2n) is 6.02. The van der Waals surface area contributed by atoms with Gasteiger partial charge in [0.2, 0.25) is 0 Å². The average Bonchev–Trinajstić information content (AvgIpc) is 3.29. The first-order valence-corrected chi connectivity index (χ1v) is 10.0. The number of ether oxygens (including phenoxy) is 1. The number of carbonyl (C=O) groups is 2. The predicted octanol–water partition coefficient (Wildman–Crippen LogP) is 3.74. The Balaban J connectivity index is 1.79. The molecule has 0 aliphatic carbocycles. The maximum Gasteiger partial charge on any atom is 0.325 e. The van der Waals surface area contributed by atoms with E-state index in [1.54, 1.807) is 16.7 Å². The molecule has 0 unspecified atom stereocenters. The molecule has 2 heterocycles. The minimum Gasteiger partial charge on any atom is -0.468 e. The predicted molar refractivity (Wildman–Crippen MR) is 110 cm³/mol. The largest absolute Gasteiger partial charge is 0.468 e. The van der Waals surface area contributed by atoms with E-state index >= 15 is 0 Å². The number of hydrogen-bond donors (Lipinski definition) is 0. The third kappa shape index (κ3) is 3.67. The minimum atomic E-state index is -0.476. The van der Waals surface area contributed by atoms with Gasteiger partial charge in [-0.2, -0.15) is 4.99 Å². The summed E-state index contributed by atoms with van der Waals surface area (Å²) in [6.45, 7) is -0.0642. The summed E-state index contributed by atoms with van der Waals surface area (Å²) in [5, 5.41) is 11.6. The Hall–Kier alpha value is -3.37. The first-order valence-electron chi connectivity index (χ1n) is 8.38. The van der Waals surface area contributed by atoms with Crippen molar-refractivity contribution in [3.63, 3.8) is 0 Å². The lowest BCUT2D eigenvalue weighted by Crippen LogP contribution is -2.22. The molecule has 10 heteroatoms. The molecule has 1 amide bonds. The third-order valence-corrected chi connectivity index (χ3v) is 6.39. The van der Waals surface area contributed by atoms with Crippen molar-refractivity contribution >= 4 is 60.5 Å². The van der Waals surface area contributed by atoms with Crippen LogP contribution in [-0.4, -0.2) is 28.5 Å². The van der Waals surface area contributed by atoms with Crippen molar-refractivity contribution in [3.8, 4) is 0 Å². The highest BCUT2D eigenvalue weighted by Crippen LogP contribution is 2.29. The van der Waals surface area contributed by atoms with E-state index in [9.17, 15) is 19.7 Å². The Kier molecular flexibility index (Phi) is 4.95. The van der Waals surface area contributed by atoms with Crippen LogP contribution in [0.2, 0.25) is 0 Å². The van der Waals surface area contributed by atoms with Crippen LogP contribution >= 0.6 is 22.7 Å². The summed E-state index contributed by atoms with van der Waals surface area (Å²) < 4.78 is 8.04. The van der Waals surface area contributed by atoms with E-state index in [2.05, 4.69) is 4.99 Å². The minimum absolute atomic E-state index is 0.0355. The lowest BCUT2D eigenvalue weighted by Gasteiger charge is -2.03. The molecular weight excluding hydrogens is 414 g/mol. The van der Waals surface area contributed by atoms with E-state index in [0.717, 1.165) is 14.9 Å². The zero-order valence-corrected chi connectivity index (χ0v) is 16.7. The van der Waals surface area contributed by atoms with Crippen molar-refractivity contribution < 1.29 is 19.2 Å². The van der Waals surface area contributed by atoms with Gasteiger partial charge in [0.1, 0.15) is 6.54 Å². The van der Waals surface area contributed by atoms with Crippen molar-refractivity contribution in [2.45, 2.75) is 6.54 Å². The summed E-state index contributed by atoms with van der Waals surface area (Å²) in [5.41, 5.74) is 0.744. The number of aromatic nitrogens is 1. The van der Waals surface area contributed by atoms with Crippen molar-refractivity contribution in [1.82, 2.24) is 4.57 Å². The van der Waals surface area contributed by atoms with E-state index in [1.807, 2.05) is 24.3 Å². The Morgan fingerprint density at radius 2 is 1.93 bits per heavy atom. The zero-order chi connectivity index (χ0) is 20.5. The molecule has 2 aromatic carbocycles. The number of methoxy groups -OCH3 is 1. The van der Waals surface area contributed by atoms with Gasteiger partial charge in [-0.15, -0.1) is 11.3 Å². The van der Waals surface area contributed by atoms with Gasteiger partial charge >= 0.3 is 5.97 Å². The van der Waals surface area contributed by atoms with E-state index in [0.29, 0.717) is 15.1 Å². The Morgan fingerprint density at radius 1 is 1.14 bits per heavy atom. The number of benzene rings is 2. The van der Waals surface area contributed by atoms with E-state index in [4.69, 9.17) is 4.74 Å². The first-order chi connectivity index (χ1) is 14.0. The summed E-state index contributed by atoms with van der Waals surface area (Å²) in [6.07, 6.45) is 0. The second kappa shape index (κ2) is 7.57. The molecule has 0 aliphatic heterocycles. The number of nitro groups is 1. The highest BCUT2D eigenvalue weighted by molar-refractivity contribution is 7.21. The normalized spacial score (nSPS) is 11.8. The van der Waals surface area contributed by atoms with Crippen molar-refractivity contribution in [1.29, 1.82) is 0 Å². The summed E-state index contributed by atoms with van der Waals surface area (Å²) in [6, 6.07) is 13.5. The molecule has 0 aliphatic rings. The monoisotopic (exact) mass is 427 g/mol. The fourth-order valence-corrected chi connectivity index (χ4v) is 4.80. The number of nitrogens with zero attached hydrogens (tertiary/aromatic N) is 3. The number of carbonyl (C=O) groups excluding carboxylic acids is 2. The maximum atomic E-state index is 12.8. The topological polar surface area (TPSA) is 104 Å². The Bertz CT molecular complexity index is 1350. The maximum absolute atomic E-state index is 12.8. The highest BCUT2D eigenvalue weighted by Gasteiger charge is 2.15. The van der Waals surface area contributed by atoms with Crippen LogP contribution in [0.3, 0.4) is 0 Å². The average molecular weight is 427 g/mol. The number of thiophene rings is 1. The summed E-state index contributed by atoms with van der Waals surface area (Å²) in [7, 11) is 1.30. The van der Waals surface area contributed by atoms with Crippen LogP contribution in [-0.2, 0) is 16.1 Å². The molecule has 0 atom stereocenters. The third-order valence-electron chi connectivity index (χ3n) is 4.22. The van der Waals surface area contributed by atoms with Crippen LogP contribution in [0.1, 0.15) is 9.67 Å². The molecule has 0 radical (unpaired) electrons. The van der Waals surface area contributed by atoms with Crippen LogP contribution < -0.4 is 4.80 Å². The molecule has 2 aromatic heterocycles. The smallest absolute Gasteiger partial charge is 0.325 e. The number of nitro benzene ring substituents is 1. The Morgan fingerprint density at radius 3 is 2.69 bits per heavy atom. The quantitative estimate of drug-likeness (QED) is 0.280. The fourth-order valence-electron chi connectivity index (χ4n) is 2.84. The van der Waals surface area contributed by atoms with Crippen molar-refractivity contribution in [2.75, 3.05) is 7.11 Å². The number of fused-ring (bicyclic) bond motifs is 2. The first kappa shape index (κ1) is 19.0. The van der Waals surface area contributed by atoms with E-state index in [-0.39, 0.29) is 12.2 Å². The molecule has 0 saturated heterocycles. The van der Waals surface area contributed by atoms with Crippen molar-refractivity contribution in [3.05, 3.63) is 68.3 Å². The second-order valence-corrected chi connectivity index (χ2v) is 8.11. The molecule has 0 saturated carbocycles. The van der Waals surface area contributed by atoms with Gasteiger partial charge < -0.3 is 9.30 Å². The van der Waals surface area contributed by atoms with Gasteiger partial charge in [-0.3, -0.25) is 19.7 Å². The van der Waals surface area contributed by atoms with Gasteiger partial charge in [-0.05, 0) is 24.3 Å². The molecule has 4 rings (SSSR count). The molecule has 8 nitrogen and oxygen atoms in total. The molecule has 0 N–H and O–H groups in total. The van der Waals surface area contributed by atoms with Gasteiger partial charge in [0.25, 0.3) is 11.6 Å². The SMILES string of the molecule is COC(=O)Cn1c(=NC(=O)c2cc3cc([N+](=O)[O-])ccc3s2)sc2ccccc21. The molecule has 0 fully saturated rings. The lowest BCUT2D eigenvalue weighted by molar-refractivity contribution is -0.384. The van der Waals surface area contributed by atoms with Crippen molar-refractivity contribution in [2.24, 2.45) is 4.99 Å². The lowest BCUT2D eigenvalue weighted by atomic mass is 10.2. The number of hydrogen-bond acceptors (Lipinski definition) is 7. The molecule has 0 spiro atoms. The van der Waals surface area contributed by atoms with Crippen LogP contribution in [0.5, 0.6) is 0 Å². The van der Waals surface area contributed by atoms with Gasteiger partial charge in [-0.25, -0.2) is 0 Å². The fraction of sp³-hybridized carbons (Fsp3) is 0.105. The van der Waals surface area contributed by atoms with Gasteiger partial charge in [0.15, 0.2) is 4.80 Å². The van der Waals surface area contributed by atoms with Gasteiger partial charge in [0.05, 0.1) is 27.1 Å². The molecule has 4 aromatic rings. The highest BCUT2D eigenvalue weighted by atomic mass is 32.1. The molecule has 146 valence electrons. The number of non-ortho nitro benzene ring substituents is 1. The molecule has 0 bridgehead atoms. The van der Waals surface area contributed by atoms with Gasteiger partial charge in [-0.1, -0.05) is 23.5 Å². The van der Waals surface area contributed by atoms with Crippen LogP contribution in [0.25, 0.3) is 20.3 Å². The zero-order valence-electron chi connectivity index (χ0n) is 15.0. The van der Waals surface area contributed by atoms with Gasteiger partial charge in [0, 0.05) is 22.2 Å². The van der Waals surface area contributed by atoms with E-state index in [1.165, 1.54) is 41.9 Å². The number of para-hydroxylation sites is 1.